The Balaban J connectivity index is 1.47. The molecule has 2 saturated heterocycles. The van der Waals surface area contributed by atoms with E-state index in [4.69, 9.17) is 0 Å². The van der Waals surface area contributed by atoms with Crippen molar-refractivity contribution in [3.63, 3.8) is 0 Å². The number of anilines is 1. The largest absolute Gasteiger partial charge is 0.351 e. The van der Waals surface area contributed by atoms with Gasteiger partial charge in [-0.3, -0.25) is 4.79 Å². The molecule has 1 atom stereocenters. The Labute approximate surface area is 165 Å². The molecule has 1 amide bonds. The summed E-state index contributed by atoms with van der Waals surface area (Å²) in [5.74, 6) is 0.550. The van der Waals surface area contributed by atoms with Gasteiger partial charge in [-0.2, -0.15) is 0 Å². The Morgan fingerprint density at radius 1 is 1.18 bits per heavy atom. The molecule has 0 saturated carbocycles. The van der Waals surface area contributed by atoms with Crippen molar-refractivity contribution >= 4 is 32.8 Å². The van der Waals surface area contributed by atoms with Crippen molar-refractivity contribution in [1.29, 1.82) is 0 Å². The van der Waals surface area contributed by atoms with Crippen LogP contribution >= 0.6 is 0 Å². The van der Waals surface area contributed by atoms with Crippen LogP contribution in [-0.2, 0) is 10.0 Å². The lowest BCUT2D eigenvalue weighted by atomic mass is 10.0. The first-order chi connectivity index (χ1) is 13.3. The van der Waals surface area contributed by atoms with Crippen LogP contribution in [0.15, 0.2) is 24.4 Å². The minimum Gasteiger partial charge on any atom is -0.351 e. The molecule has 2 aliphatic rings. The zero-order valence-corrected chi connectivity index (χ0v) is 16.9. The zero-order chi connectivity index (χ0) is 19.9. The molecule has 2 aliphatic heterocycles. The van der Waals surface area contributed by atoms with Gasteiger partial charge in [0.1, 0.15) is 0 Å². The summed E-state index contributed by atoms with van der Waals surface area (Å²) in [6.45, 7) is 3.86. The van der Waals surface area contributed by atoms with Crippen LogP contribution in [0, 0.1) is 0 Å². The summed E-state index contributed by atoms with van der Waals surface area (Å²) in [5.41, 5.74) is 1.37. The van der Waals surface area contributed by atoms with E-state index in [0.29, 0.717) is 43.5 Å². The summed E-state index contributed by atoms with van der Waals surface area (Å²) in [6, 6.07) is 5.95. The molecule has 0 spiro atoms. The van der Waals surface area contributed by atoms with Crippen molar-refractivity contribution in [2.75, 3.05) is 31.2 Å². The van der Waals surface area contributed by atoms with Crippen LogP contribution in [0.1, 0.15) is 36.5 Å². The van der Waals surface area contributed by atoms with Crippen molar-refractivity contribution in [3.8, 4) is 0 Å². The molecular weight excluding hydrogens is 378 g/mol. The SMILES string of the molecule is C[C@H]1CCN1C(=O)c1ccc2cnc(NC3CCN(S(C)(=O)=O)CC3)nc2c1. The normalized spacial score (nSPS) is 21.5. The van der Waals surface area contributed by atoms with Crippen molar-refractivity contribution in [2.45, 2.75) is 38.3 Å². The Hall–Kier alpha value is -2.26. The molecule has 150 valence electrons. The second-order valence-electron chi connectivity index (χ2n) is 7.68. The van der Waals surface area contributed by atoms with Crippen molar-refractivity contribution in [3.05, 3.63) is 30.0 Å². The highest BCUT2D eigenvalue weighted by Gasteiger charge is 2.29. The van der Waals surface area contributed by atoms with Crippen LogP contribution < -0.4 is 5.32 Å². The first kappa shape index (κ1) is 19.1. The number of fused-ring (bicyclic) bond motifs is 1. The monoisotopic (exact) mass is 403 g/mol. The third-order valence-electron chi connectivity index (χ3n) is 5.67. The van der Waals surface area contributed by atoms with Crippen LogP contribution in [0.25, 0.3) is 10.9 Å². The van der Waals surface area contributed by atoms with Crippen LogP contribution in [-0.4, -0.2) is 71.5 Å². The zero-order valence-electron chi connectivity index (χ0n) is 16.1. The summed E-state index contributed by atoms with van der Waals surface area (Å²) in [5, 5.41) is 4.19. The second-order valence-corrected chi connectivity index (χ2v) is 9.67. The fraction of sp³-hybridized carbons (Fsp3) is 0.526. The molecule has 1 aromatic heterocycles. The van der Waals surface area contributed by atoms with E-state index in [1.807, 2.05) is 23.1 Å². The molecule has 2 fully saturated rings. The minimum atomic E-state index is -3.13. The highest BCUT2D eigenvalue weighted by molar-refractivity contribution is 7.88. The van der Waals surface area contributed by atoms with Crippen LogP contribution in [0.2, 0.25) is 0 Å². The standard InChI is InChI=1S/C19H25N5O3S/c1-13-5-10-24(13)18(25)14-3-4-15-12-20-19(22-17(15)11-14)21-16-6-8-23(9-7-16)28(2,26)27/h3-4,11-13,16H,5-10H2,1-2H3,(H,20,21,22)/t13-/m0/s1. The van der Waals surface area contributed by atoms with Gasteiger partial charge in [-0.1, -0.05) is 6.07 Å². The number of piperidine rings is 1. The summed E-state index contributed by atoms with van der Waals surface area (Å²) >= 11 is 0. The number of amides is 1. The van der Waals surface area contributed by atoms with Gasteiger partial charge in [-0.25, -0.2) is 22.7 Å². The molecule has 0 radical (unpaired) electrons. The van der Waals surface area contributed by atoms with Gasteiger partial charge in [0.15, 0.2) is 0 Å². The fourth-order valence-electron chi connectivity index (χ4n) is 3.72. The number of rotatable bonds is 4. The number of hydrogen-bond acceptors (Lipinski definition) is 6. The van der Waals surface area contributed by atoms with Gasteiger partial charge in [0.05, 0.1) is 11.8 Å². The molecule has 1 aromatic carbocycles. The molecule has 0 aliphatic carbocycles. The fourth-order valence-corrected chi connectivity index (χ4v) is 4.60. The molecule has 4 rings (SSSR count). The molecule has 1 N–H and O–H groups in total. The Bertz CT molecular complexity index is 1000. The molecule has 28 heavy (non-hydrogen) atoms. The van der Waals surface area contributed by atoms with Crippen LogP contribution in [0.5, 0.6) is 0 Å². The first-order valence-corrected chi connectivity index (χ1v) is 11.5. The van der Waals surface area contributed by atoms with Gasteiger partial charge in [0.25, 0.3) is 5.91 Å². The molecule has 2 aromatic rings. The van der Waals surface area contributed by atoms with Gasteiger partial charge in [0, 0.05) is 48.9 Å². The maximum atomic E-state index is 12.6. The molecule has 9 heteroatoms. The van der Waals surface area contributed by atoms with E-state index >= 15 is 0 Å². The van der Waals surface area contributed by atoms with E-state index in [0.717, 1.165) is 23.9 Å². The second kappa shape index (κ2) is 7.29. The number of hydrogen-bond donors (Lipinski definition) is 1. The summed E-state index contributed by atoms with van der Waals surface area (Å²) in [4.78, 5) is 23.4. The predicted molar refractivity (Wildman–Crippen MR) is 108 cm³/mol. The number of sulfonamides is 1. The summed E-state index contributed by atoms with van der Waals surface area (Å²) in [7, 11) is -3.13. The van der Waals surface area contributed by atoms with Gasteiger partial charge < -0.3 is 10.2 Å². The Morgan fingerprint density at radius 2 is 1.93 bits per heavy atom. The van der Waals surface area contributed by atoms with Crippen LogP contribution in [0.3, 0.4) is 0 Å². The van der Waals surface area contributed by atoms with Gasteiger partial charge in [0.2, 0.25) is 16.0 Å². The highest BCUT2D eigenvalue weighted by atomic mass is 32.2. The average molecular weight is 404 g/mol. The van der Waals surface area contributed by atoms with Gasteiger partial charge in [-0.05, 0) is 38.3 Å². The van der Waals surface area contributed by atoms with E-state index in [1.165, 1.54) is 10.6 Å². The van der Waals surface area contributed by atoms with Crippen molar-refractivity contribution in [2.24, 2.45) is 0 Å². The van der Waals surface area contributed by atoms with Gasteiger partial charge in [-0.15, -0.1) is 0 Å². The Kier molecular flexibility index (Phi) is 4.96. The lowest BCUT2D eigenvalue weighted by Crippen LogP contribution is -2.49. The summed E-state index contributed by atoms with van der Waals surface area (Å²) in [6.07, 6.45) is 5.46. The van der Waals surface area contributed by atoms with E-state index < -0.39 is 10.0 Å². The maximum Gasteiger partial charge on any atom is 0.254 e. The number of aromatic nitrogens is 2. The number of benzene rings is 1. The lowest BCUT2D eigenvalue weighted by Gasteiger charge is -2.38. The first-order valence-electron chi connectivity index (χ1n) is 9.61. The maximum absolute atomic E-state index is 12.6. The average Bonchev–Trinajstić information content (AvgIpc) is 2.66. The van der Waals surface area contributed by atoms with Gasteiger partial charge >= 0.3 is 0 Å². The molecule has 0 unspecified atom stereocenters. The number of likely N-dealkylation sites (tertiary alicyclic amines) is 1. The summed E-state index contributed by atoms with van der Waals surface area (Å²) < 4.78 is 24.8. The smallest absolute Gasteiger partial charge is 0.254 e. The molecule has 3 heterocycles. The lowest BCUT2D eigenvalue weighted by molar-refractivity contribution is 0.0502. The highest BCUT2D eigenvalue weighted by Crippen LogP contribution is 2.23. The van der Waals surface area contributed by atoms with Crippen LogP contribution in [0.4, 0.5) is 5.95 Å². The molecule has 0 bridgehead atoms. The van der Waals surface area contributed by atoms with E-state index in [2.05, 4.69) is 22.2 Å². The number of nitrogens with one attached hydrogen (secondary N) is 1. The van der Waals surface area contributed by atoms with E-state index in [-0.39, 0.29) is 11.9 Å². The third-order valence-corrected chi connectivity index (χ3v) is 6.97. The molecule has 8 nitrogen and oxygen atoms in total. The number of nitrogens with zero attached hydrogens (tertiary/aromatic N) is 4. The number of carbonyl (C=O) groups is 1. The topological polar surface area (TPSA) is 95.5 Å². The van der Waals surface area contributed by atoms with Crippen molar-refractivity contribution < 1.29 is 13.2 Å². The Morgan fingerprint density at radius 3 is 2.54 bits per heavy atom. The molecular formula is C19H25N5O3S. The number of carbonyl (C=O) groups excluding carboxylic acids is 1. The third kappa shape index (κ3) is 3.81. The predicted octanol–water partition coefficient (Wildman–Crippen LogP) is 1.70. The van der Waals surface area contributed by atoms with E-state index in [1.54, 1.807) is 6.20 Å². The van der Waals surface area contributed by atoms with Crippen molar-refractivity contribution in [1.82, 2.24) is 19.2 Å². The van der Waals surface area contributed by atoms with E-state index in [9.17, 15) is 13.2 Å². The quantitative estimate of drug-likeness (QED) is 0.835. The minimum absolute atomic E-state index is 0.0434.